The molecule has 1 amide bonds. The van der Waals surface area contributed by atoms with E-state index in [0.29, 0.717) is 17.9 Å². The van der Waals surface area contributed by atoms with Crippen molar-refractivity contribution in [3.05, 3.63) is 107 Å². The summed E-state index contributed by atoms with van der Waals surface area (Å²) >= 11 is 0. The smallest absolute Gasteiger partial charge is 0.295 e. The Kier molecular flexibility index (Phi) is 7.20. The predicted molar refractivity (Wildman–Crippen MR) is 140 cm³/mol. The molecule has 0 spiro atoms. The van der Waals surface area contributed by atoms with Crippen LogP contribution >= 0.6 is 0 Å². The summed E-state index contributed by atoms with van der Waals surface area (Å²) in [6.07, 6.45) is 4.97. The molecule has 1 unspecified atom stereocenters. The van der Waals surface area contributed by atoms with Crippen LogP contribution in [0.1, 0.15) is 28.3 Å². The number of likely N-dealkylation sites (tertiary alicyclic amines) is 1. The summed E-state index contributed by atoms with van der Waals surface area (Å²) in [6, 6.07) is 15.7. The summed E-state index contributed by atoms with van der Waals surface area (Å²) in [6.45, 7) is 6.05. The molecule has 1 aromatic heterocycles. The predicted octanol–water partition coefficient (Wildman–Crippen LogP) is 4.64. The van der Waals surface area contributed by atoms with Crippen molar-refractivity contribution in [1.82, 2.24) is 9.88 Å². The first-order chi connectivity index (χ1) is 17.3. The van der Waals surface area contributed by atoms with E-state index in [1.165, 1.54) is 4.90 Å². The quantitative estimate of drug-likeness (QED) is 0.218. The van der Waals surface area contributed by atoms with Gasteiger partial charge in [0.25, 0.3) is 11.7 Å². The Hall–Kier alpha value is -4.39. The number of ether oxygens (including phenoxy) is 1. The molecule has 1 fully saturated rings. The van der Waals surface area contributed by atoms with Crippen LogP contribution in [0.2, 0.25) is 0 Å². The topological polar surface area (TPSA) is 83.0 Å². The molecule has 0 saturated carbocycles. The number of aromatic nitrogens is 1. The molecule has 36 heavy (non-hydrogen) atoms. The molecule has 0 radical (unpaired) electrons. The Morgan fingerprint density at radius 1 is 1.17 bits per heavy atom. The Morgan fingerprint density at radius 3 is 2.53 bits per heavy atom. The van der Waals surface area contributed by atoms with Crippen molar-refractivity contribution < 1.29 is 19.4 Å². The Morgan fingerprint density at radius 2 is 1.92 bits per heavy atom. The zero-order valence-electron chi connectivity index (χ0n) is 20.6. The van der Waals surface area contributed by atoms with Crippen molar-refractivity contribution in [3.63, 3.8) is 0 Å². The van der Waals surface area contributed by atoms with Crippen molar-refractivity contribution >= 4 is 23.1 Å². The van der Waals surface area contributed by atoms with E-state index >= 15 is 0 Å². The van der Waals surface area contributed by atoms with Gasteiger partial charge in [0.15, 0.2) is 0 Å². The monoisotopic (exact) mass is 483 g/mol. The highest BCUT2D eigenvalue weighted by molar-refractivity contribution is 6.46. The average Bonchev–Trinajstić information content (AvgIpc) is 3.13. The third-order valence-electron chi connectivity index (χ3n) is 6.15. The van der Waals surface area contributed by atoms with Crippen molar-refractivity contribution in [3.8, 4) is 5.75 Å². The average molecular weight is 484 g/mol. The molecule has 0 bridgehead atoms. The minimum absolute atomic E-state index is 0.0562. The molecule has 1 aliphatic rings. The molecule has 1 saturated heterocycles. The zero-order valence-corrected chi connectivity index (χ0v) is 20.6. The highest BCUT2D eigenvalue weighted by Gasteiger charge is 2.46. The van der Waals surface area contributed by atoms with Gasteiger partial charge in [0, 0.05) is 44.3 Å². The highest BCUT2D eigenvalue weighted by Crippen LogP contribution is 2.41. The summed E-state index contributed by atoms with van der Waals surface area (Å²) in [5.74, 6) is -0.950. The lowest BCUT2D eigenvalue weighted by Crippen LogP contribution is -2.29. The summed E-state index contributed by atoms with van der Waals surface area (Å²) in [5, 5.41) is 11.4. The number of aryl methyl sites for hydroxylation is 1. The highest BCUT2D eigenvalue weighted by atomic mass is 16.5. The maximum atomic E-state index is 13.3. The van der Waals surface area contributed by atoms with Crippen LogP contribution in [-0.2, 0) is 16.1 Å². The van der Waals surface area contributed by atoms with Gasteiger partial charge in [-0.3, -0.25) is 14.6 Å². The molecule has 2 heterocycles. The van der Waals surface area contributed by atoms with Gasteiger partial charge in [-0.05, 0) is 60.0 Å². The second-order valence-electron chi connectivity index (χ2n) is 8.85. The maximum Gasteiger partial charge on any atom is 0.295 e. The molecule has 1 aliphatic heterocycles. The maximum absolute atomic E-state index is 13.3. The second-order valence-corrected chi connectivity index (χ2v) is 8.85. The number of aliphatic hydroxyl groups is 1. The first-order valence-corrected chi connectivity index (χ1v) is 11.6. The Balaban J connectivity index is 1.82. The Labute approximate surface area is 211 Å². The summed E-state index contributed by atoms with van der Waals surface area (Å²) in [4.78, 5) is 34.1. The Bertz CT molecular complexity index is 1310. The molecule has 184 valence electrons. The largest absolute Gasteiger partial charge is 0.507 e. The lowest BCUT2D eigenvalue weighted by Gasteiger charge is -2.26. The third-order valence-corrected chi connectivity index (χ3v) is 6.15. The van der Waals surface area contributed by atoms with Gasteiger partial charge in [0.2, 0.25) is 0 Å². The number of hydrogen-bond donors (Lipinski definition) is 1. The van der Waals surface area contributed by atoms with Gasteiger partial charge in [0.1, 0.15) is 18.1 Å². The first-order valence-electron chi connectivity index (χ1n) is 11.6. The molecule has 7 nitrogen and oxygen atoms in total. The number of Topliss-reactive ketones (excluding diaryl/α,β-unsaturated/α-hetero) is 1. The number of nitrogens with zero attached hydrogens (tertiary/aromatic N) is 3. The molecular formula is C29H29N3O4. The molecule has 1 N–H and O–H groups in total. The number of rotatable bonds is 8. The van der Waals surface area contributed by atoms with Crippen LogP contribution in [0, 0.1) is 6.92 Å². The lowest BCUT2D eigenvalue weighted by atomic mass is 9.94. The number of aliphatic hydroxyl groups excluding tert-OH is 1. The summed E-state index contributed by atoms with van der Waals surface area (Å²) < 4.78 is 5.63. The van der Waals surface area contributed by atoms with Crippen molar-refractivity contribution in [2.24, 2.45) is 0 Å². The van der Waals surface area contributed by atoms with Gasteiger partial charge in [-0.15, -0.1) is 0 Å². The van der Waals surface area contributed by atoms with Crippen molar-refractivity contribution in [1.29, 1.82) is 0 Å². The van der Waals surface area contributed by atoms with Crippen molar-refractivity contribution in [2.75, 3.05) is 25.6 Å². The minimum Gasteiger partial charge on any atom is -0.507 e. The first kappa shape index (κ1) is 24.7. The van der Waals surface area contributed by atoms with E-state index in [1.54, 1.807) is 42.7 Å². The fourth-order valence-electron chi connectivity index (χ4n) is 4.30. The van der Waals surface area contributed by atoms with Crippen molar-refractivity contribution in [2.45, 2.75) is 19.5 Å². The second kappa shape index (κ2) is 10.5. The number of anilines is 1. The van der Waals surface area contributed by atoms with E-state index in [9.17, 15) is 14.7 Å². The lowest BCUT2D eigenvalue weighted by molar-refractivity contribution is -0.140. The summed E-state index contributed by atoms with van der Waals surface area (Å²) in [5.41, 5.74) is 3.78. The number of amides is 1. The number of benzene rings is 2. The number of carbonyl (C=O) groups excluding carboxylic acids is 2. The normalized spacial score (nSPS) is 16.8. The minimum atomic E-state index is -0.751. The molecule has 1 atom stereocenters. The van der Waals surface area contributed by atoms with E-state index in [2.05, 4.69) is 11.6 Å². The van der Waals surface area contributed by atoms with E-state index < -0.39 is 17.7 Å². The number of hydrogen-bond acceptors (Lipinski definition) is 6. The molecular weight excluding hydrogens is 454 g/mol. The van der Waals surface area contributed by atoms with Crippen LogP contribution in [0.4, 0.5) is 5.69 Å². The van der Waals surface area contributed by atoms with Gasteiger partial charge < -0.3 is 19.6 Å². The fourth-order valence-corrected chi connectivity index (χ4v) is 4.30. The fraction of sp³-hybridized carbons (Fsp3) is 0.207. The summed E-state index contributed by atoms with van der Waals surface area (Å²) in [7, 11) is 3.88. The van der Waals surface area contributed by atoms with Gasteiger partial charge in [0.05, 0.1) is 11.6 Å². The van der Waals surface area contributed by atoms with Gasteiger partial charge >= 0.3 is 0 Å². The standard InChI is InChI=1S/C29H29N3O4/c1-5-15-36-24-13-10-22(16-19(24)2)27(33)25-26(21-8-11-23(12-9-21)31(3)4)32(29(35)28(25)34)18-20-7-6-14-30-17-20/h5-14,16-17,26,33H,1,15,18H2,2-4H3. The van der Waals surface area contributed by atoms with Crippen LogP contribution in [0.15, 0.2) is 85.2 Å². The SMILES string of the molecule is C=CCOc1ccc(C(O)=C2C(=O)C(=O)N(Cc3cccnc3)C2c2ccc(N(C)C)cc2)cc1C. The molecule has 4 rings (SSSR count). The molecule has 3 aromatic rings. The molecule has 7 heteroatoms. The number of ketones is 1. The number of carbonyl (C=O) groups is 2. The van der Waals surface area contributed by atoms with Crippen LogP contribution in [-0.4, -0.2) is 47.4 Å². The van der Waals surface area contributed by atoms with Gasteiger partial charge in [-0.1, -0.05) is 30.9 Å². The van der Waals surface area contributed by atoms with E-state index in [0.717, 1.165) is 22.4 Å². The van der Waals surface area contributed by atoms with Gasteiger partial charge in [-0.2, -0.15) is 0 Å². The van der Waals surface area contributed by atoms with E-state index in [4.69, 9.17) is 4.74 Å². The van der Waals surface area contributed by atoms with Crippen LogP contribution in [0.25, 0.3) is 5.76 Å². The zero-order chi connectivity index (χ0) is 25.8. The van der Waals surface area contributed by atoms with Gasteiger partial charge in [-0.25, -0.2) is 0 Å². The molecule has 2 aromatic carbocycles. The van der Waals surface area contributed by atoms with Crippen LogP contribution in [0.5, 0.6) is 5.75 Å². The third kappa shape index (κ3) is 4.86. The van der Waals surface area contributed by atoms with Crippen LogP contribution < -0.4 is 9.64 Å². The van der Waals surface area contributed by atoms with E-state index in [1.807, 2.05) is 56.3 Å². The van der Waals surface area contributed by atoms with Crippen LogP contribution in [0.3, 0.4) is 0 Å². The van der Waals surface area contributed by atoms with E-state index in [-0.39, 0.29) is 17.9 Å². The number of pyridine rings is 1. The molecule has 0 aliphatic carbocycles.